The quantitative estimate of drug-likeness (QED) is 0.735. The number of hydrogen-bond donors (Lipinski definition) is 2. The first-order chi connectivity index (χ1) is 9.50. The van der Waals surface area contributed by atoms with Crippen LogP contribution in [-0.4, -0.2) is 48.4 Å². The topological polar surface area (TPSA) is 61.4 Å². The van der Waals surface area contributed by atoms with Crippen molar-refractivity contribution in [1.82, 2.24) is 15.5 Å². The van der Waals surface area contributed by atoms with Gasteiger partial charge in [-0.1, -0.05) is 13.8 Å². The number of nitrogens with zero attached hydrogens (tertiary/aromatic N) is 1. The van der Waals surface area contributed by atoms with Gasteiger partial charge in [0, 0.05) is 13.1 Å². The van der Waals surface area contributed by atoms with E-state index in [-0.39, 0.29) is 35.2 Å². The Balaban J connectivity index is 1.77. The Labute approximate surface area is 120 Å². The minimum atomic E-state index is -0.106. The SMILES string of the molecule is CC1(C)CCCNC1C(=O)N1CCCC2C(=O)NCC21. The van der Waals surface area contributed by atoms with Crippen molar-refractivity contribution in [2.75, 3.05) is 19.6 Å². The number of fused-ring (bicyclic) bond motifs is 1. The van der Waals surface area contributed by atoms with Crippen LogP contribution in [0.1, 0.15) is 39.5 Å². The van der Waals surface area contributed by atoms with Gasteiger partial charge in [-0.3, -0.25) is 9.59 Å². The van der Waals surface area contributed by atoms with Crippen LogP contribution in [0, 0.1) is 11.3 Å². The summed E-state index contributed by atoms with van der Waals surface area (Å²) in [7, 11) is 0. The molecule has 0 saturated carbocycles. The lowest BCUT2D eigenvalue weighted by atomic mass is 9.76. The van der Waals surface area contributed by atoms with Gasteiger partial charge in [0.15, 0.2) is 0 Å². The van der Waals surface area contributed by atoms with Crippen LogP contribution in [0.15, 0.2) is 0 Å². The van der Waals surface area contributed by atoms with Gasteiger partial charge in [-0.05, 0) is 37.6 Å². The zero-order chi connectivity index (χ0) is 14.3. The first kappa shape index (κ1) is 13.9. The predicted molar refractivity (Wildman–Crippen MR) is 76.0 cm³/mol. The van der Waals surface area contributed by atoms with Gasteiger partial charge in [0.1, 0.15) is 0 Å². The Hall–Kier alpha value is -1.10. The molecule has 3 aliphatic rings. The van der Waals surface area contributed by atoms with Crippen molar-refractivity contribution in [3.63, 3.8) is 0 Å². The van der Waals surface area contributed by atoms with E-state index >= 15 is 0 Å². The van der Waals surface area contributed by atoms with E-state index < -0.39 is 0 Å². The number of carbonyl (C=O) groups excluding carboxylic acids is 2. The van der Waals surface area contributed by atoms with Gasteiger partial charge in [-0.2, -0.15) is 0 Å². The molecule has 5 heteroatoms. The van der Waals surface area contributed by atoms with Gasteiger partial charge in [-0.15, -0.1) is 0 Å². The molecule has 0 aliphatic carbocycles. The summed E-state index contributed by atoms with van der Waals surface area (Å²) in [4.78, 5) is 26.7. The van der Waals surface area contributed by atoms with E-state index in [2.05, 4.69) is 24.5 Å². The molecule has 2 amide bonds. The number of rotatable bonds is 1. The molecule has 0 aromatic carbocycles. The van der Waals surface area contributed by atoms with Crippen LogP contribution in [-0.2, 0) is 9.59 Å². The molecule has 0 spiro atoms. The summed E-state index contributed by atoms with van der Waals surface area (Å²) >= 11 is 0. The van der Waals surface area contributed by atoms with E-state index in [9.17, 15) is 9.59 Å². The molecule has 112 valence electrons. The van der Waals surface area contributed by atoms with Gasteiger partial charge in [0.25, 0.3) is 0 Å². The molecule has 0 aromatic heterocycles. The van der Waals surface area contributed by atoms with Gasteiger partial charge in [0.2, 0.25) is 11.8 Å². The molecule has 3 rings (SSSR count). The summed E-state index contributed by atoms with van der Waals surface area (Å²) in [6.45, 7) is 6.67. The summed E-state index contributed by atoms with van der Waals surface area (Å²) in [5.41, 5.74) is -0.00167. The van der Waals surface area contributed by atoms with E-state index in [1.165, 1.54) is 0 Å². The summed E-state index contributed by atoms with van der Waals surface area (Å²) in [6, 6.07) is -0.0334. The van der Waals surface area contributed by atoms with Crippen molar-refractivity contribution in [2.24, 2.45) is 11.3 Å². The van der Waals surface area contributed by atoms with E-state index in [0.717, 1.165) is 38.8 Å². The number of nitrogens with one attached hydrogen (secondary N) is 2. The summed E-state index contributed by atoms with van der Waals surface area (Å²) in [5.74, 6) is 0.337. The number of piperidine rings is 2. The van der Waals surface area contributed by atoms with Crippen LogP contribution >= 0.6 is 0 Å². The average Bonchev–Trinajstić information content (AvgIpc) is 2.79. The molecule has 3 unspecified atom stereocenters. The van der Waals surface area contributed by atoms with Crippen LogP contribution in [0.4, 0.5) is 0 Å². The highest BCUT2D eigenvalue weighted by Gasteiger charge is 2.46. The van der Waals surface area contributed by atoms with Crippen molar-refractivity contribution in [2.45, 2.75) is 51.6 Å². The molecule has 3 heterocycles. The first-order valence-corrected chi connectivity index (χ1v) is 7.82. The summed E-state index contributed by atoms with van der Waals surface area (Å²) in [6.07, 6.45) is 4.06. The number of hydrogen-bond acceptors (Lipinski definition) is 3. The average molecular weight is 279 g/mol. The lowest BCUT2D eigenvalue weighted by molar-refractivity contribution is -0.142. The highest BCUT2D eigenvalue weighted by atomic mass is 16.2. The first-order valence-electron chi connectivity index (χ1n) is 7.82. The van der Waals surface area contributed by atoms with E-state index in [1.54, 1.807) is 0 Å². The summed E-state index contributed by atoms with van der Waals surface area (Å²) in [5, 5.41) is 6.32. The molecule has 0 radical (unpaired) electrons. The molecular weight excluding hydrogens is 254 g/mol. The largest absolute Gasteiger partial charge is 0.354 e. The molecule has 3 aliphatic heterocycles. The Kier molecular flexibility index (Phi) is 3.48. The standard InChI is InChI=1S/C15H25N3O2/c1-15(2)6-4-7-16-12(15)14(20)18-8-3-5-10-11(18)9-17-13(10)19/h10-12,16H,3-9H2,1-2H3,(H,17,19). The Morgan fingerprint density at radius 2 is 2.15 bits per heavy atom. The van der Waals surface area contributed by atoms with Gasteiger partial charge >= 0.3 is 0 Å². The maximum absolute atomic E-state index is 12.9. The van der Waals surface area contributed by atoms with Crippen LogP contribution in [0.2, 0.25) is 0 Å². The van der Waals surface area contributed by atoms with Crippen molar-refractivity contribution >= 4 is 11.8 Å². The zero-order valence-electron chi connectivity index (χ0n) is 12.4. The molecule has 2 N–H and O–H groups in total. The molecule has 0 aromatic rings. The molecule has 5 nitrogen and oxygen atoms in total. The minimum absolute atomic E-state index is 0.00167. The summed E-state index contributed by atoms with van der Waals surface area (Å²) < 4.78 is 0. The van der Waals surface area contributed by atoms with Crippen LogP contribution < -0.4 is 10.6 Å². The third kappa shape index (κ3) is 2.22. The van der Waals surface area contributed by atoms with Crippen LogP contribution in [0.3, 0.4) is 0 Å². The second-order valence-corrected chi connectivity index (χ2v) is 7.07. The molecule has 3 saturated heterocycles. The molecule has 3 fully saturated rings. The van der Waals surface area contributed by atoms with Gasteiger partial charge in [-0.25, -0.2) is 0 Å². The highest BCUT2D eigenvalue weighted by molar-refractivity contribution is 5.87. The van der Waals surface area contributed by atoms with E-state index in [0.29, 0.717) is 6.54 Å². The van der Waals surface area contributed by atoms with Crippen molar-refractivity contribution in [1.29, 1.82) is 0 Å². The lowest BCUT2D eigenvalue weighted by Gasteiger charge is -2.44. The second-order valence-electron chi connectivity index (χ2n) is 7.07. The van der Waals surface area contributed by atoms with Crippen molar-refractivity contribution in [3.8, 4) is 0 Å². The maximum Gasteiger partial charge on any atom is 0.240 e. The monoisotopic (exact) mass is 279 g/mol. The minimum Gasteiger partial charge on any atom is -0.354 e. The predicted octanol–water partition coefficient (Wildman–Crippen LogP) is 0.502. The fourth-order valence-electron chi connectivity index (χ4n) is 4.02. The third-order valence-electron chi connectivity index (χ3n) is 5.26. The van der Waals surface area contributed by atoms with Crippen molar-refractivity contribution in [3.05, 3.63) is 0 Å². The molecule has 0 bridgehead atoms. The maximum atomic E-state index is 12.9. The number of carbonyl (C=O) groups is 2. The van der Waals surface area contributed by atoms with Gasteiger partial charge < -0.3 is 15.5 Å². The Bertz CT molecular complexity index is 421. The number of amides is 2. The Morgan fingerprint density at radius 1 is 1.35 bits per heavy atom. The van der Waals surface area contributed by atoms with E-state index in [4.69, 9.17) is 0 Å². The van der Waals surface area contributed by atoms with Gasteiger partial charge in [0.05, 0.1) is 18.0 Å². The van der Waals surface area contributed by atoms with E-state index in [1.807, 2.05) is 4.90 Å². The van der Waals surface area contributed by atoms with Crippen LogP contribution in [0.25, 0.3) is 0 Å². The lowest BCUT2D eigenvalue weighted by Crippen LogP contribution is -2.60. The third-order valence-corrected chi connectivity index (χ3v) is 5.26. The molecule has 20 heavy (non-hydrogen) atoms. The normalized spacial score (nSPS) is 36.4. The Morgan fingerprint density at radius 3 is 2.90 bits per heavy atom. The fourth-order valence-corrected chi connectivity index (χ4v) is 4.02. The molecular formula is C15H25N3O2. The second kappa shape index (κ2) is 5.02. The zero-order valence-corrected chi connectivity index (χ0v) is 12.4. The highest BCUT2D eigenvalue weighted by Crippen LogP contribution is 2.34. The van der Waals surface area contributed by atoms with Crippen LogP contribution in [0.5, 0.6) is 0 Å². The number of likely N-dealkylation sites (tertiary alicyclic amines) is 1. The smallest absolute Gasteiger partial charge is 0.240 e. The van der Waals surface area contributed by atoms with Crippen molar-refractivity contribution < 1.29 is 9.59 Å². The molecule has 3 atom stereocenters. The fraction of sp³-hybridized carbons (Fsp3) is 0.867.